The number of carbonyl (C=O) groups excluding carboxylic acids is 1. The van der Waals surface area contributed by atoms with E-state index in [1.807, 2.05) is 19.2 Å². The molecule has 1 rings (SSSR count). The maximum atomic E-state index is 9.68. The highest BCUT2D eigenvalue weighted by Gasteiger charge is 1.90. The van der Waals surface area contributed by atoms with Crippen LogP contribution in [0.4, 0.5) is 0 Å². The van der Waals surface area contributed by atoms with Crippen molar-refractivity contribution in [1.29, 1.82) is 0 Å². The minimum absolute atomic E-state index is 0.449. The Morgan fingerprint density at radius 1 is 1.82 bits per heavy atom. The fourth-order valence-electron chi connectivity index (χ4n) is 0.786. The molecule has 0 bridgehead atoms. The predicted octanol–water partition coefficient (Wildman–Crippen LogP) is 0.527. The predicted molar refractivity (Wildman–Crippen MR) is 40.0 cm³/mol. The lowest BCUT2D eigenvalue weighted by Gasteiger charge is -1.93. The van der Waals surface area contributed by atoms with Crippen molar-refractivity contribution in [2.24, 2.45) is 4.99 Å². The number of aromatic nitrogens is 2. The Balaban J connectivity index is 2.44. The lowest BCUT2D eigenvalue weighted by Crippen LogP contribution is -2.01. The fourth-order valence-corrected chi connectivity index (χ4v) is 0.786. The second-order valence-corrected chi connectivity index (χ2v) is 2.19. The zero-order chi connectivity index (χ0) is 8.10. The molecule has 1 heterocycles. The third-order valence-electron chi connectivity index (χ3n) is 1.28. The zero-order valence-corrected chi connectivity index (χ0v) is 6.32. The van der Waals surface area contributed by atoms with Crippen molar-refractivity contribution in [1.82, 2.24) is 9.78 Å². The van der Waals surface area contributed by atoms with Crippen molar-refractivity contribution in [3.05, 3.63) is 18.0 Å². The van der Waals surface area contributed by atoms with Crippen molar-refractivity contribution < 1.29 is 4.79 Å². The van der Waals surface area contributed by atoms with E-state index in [1.165, 1.54) is 6.08 Å². The molecule has 0 aromatic carbocycles. The van der Waals surface area contributed by atoms with Gasteiger partial charge in [-0.3, -0.25) is 4.68 Å². The summed E-state index contributed by atoms with van der Waals surface area (Å²) in [6.45, 7) is 3.01. The topological polar surface area (TPSA) is 47.2 Å². The van der Waals surface area contributed by atoms with Gasteiger partial charge in [-0.2, -0.15) is 5.10 Å². The molecule has 0 unspecified atom stereocenters. The summed E-state index contributed by atoms with van der Waals surface area (Å²) in [6.07, 6.45) is 3.34. The number of hydrogen-bond acceptors (Lipinski definition) is 3. The highest BCUT2D eigenvalue weighted by Crippen LogP contribution is 1.91. The second-order valence-electron chi connectivity index (χ2n) is 2.19. The van der Waals surface area contributed by atoms with Crippen molar-refractivity contribution in [3.63, 3.8) is 0 Å². The quantitative estimate of drug-likeness (QED) is 0.467. The smallest absolute Gasteiger partial charge is 0.235 e. The first-order valence-electron chi connectivity index (χ1n) is 3.36. The first-order valence-corrected chi connectivity index (χ1v) is 3.36. The molecule has 0 aliphatic carbocycles. The summed E-state index contributed by atoms with van der Waals surface area (Å²) < 4.78 is 1.75. The number of aryl methyl sites for hydroxylation is 1. The molecule has 0 saturated carbocycles. The van der Waals surface area contributed by atoms with Crippen LogP contribution in [0.2, 0.25) is 0 Å². The van der Waals surface area contributed by atoms with Crippen molar-refractivity contribution in [2.45, 2.75) is 13.5 Å². The monoisotopic (exact) mass is 151 g/mol. The minimum Gasteiger partial charge on any atom is -0.271 e. The summed E-state index contributed by atoms with van der Waals surface area (Å²) in [5, 5.41) is 4.11. The Morgan fingerprint density at radius 3 is 3.18 bits per heavy atom. The molecule has 0 aliphatic heterocycles. The zero-order valence-electron chi connectivity index (χ0n) is 6.32. The van der Waals surface area contributed by atoms with Crippen molar-refractivity contribution in [2.75, 3.05) is 6.54 Å². The van der Waals surface area contributed by atoms with Gasteiger partial charge in [0.1, 0.15) is 0 Å². The minimum atomic E-state index is 0.449. The van der Waals surface area contributed by atoms with Gasteiger partial charge in [-0.25, -0.2) is 9.79 Å². The third kappa shape index (κ3) is 2.35. The number of rotatable bonds is 3. The molecule has 0 saturated heterocycles. The van der Waals surface area contributed by atoms with E-state index in [1.54, 1.807) is 4.68 Å². The summed E-state index contributed by atoms with van der Waals surface area (Å²) in [5.74, 6) is 0. The molecule has 0 spiro atoms. The third-order valence-corrected chi connectivity index (χ3v) is 1.28. The first-order chi connectivity index (χ1) is 5.33. The maximum Gasteiger partial charge on any atom is 0.235 e. The van der Waals surface area contributed by atoms with E-state index in [0.29, 0.717) is 13.1 Å². The average molecular weight is 151 g/mol. The number of aliphatic imine (C=N–C) groups is 1. The average Bonchev–Trinajstić information content (AvgIpc) is 2.37. The summed E-state index contributed by atoms with van der Waals surface area (Å²) >= 11 is 0. The maximum absolute atomic E-state index is 9.68. The number of isocyanates is 1. The molecule has 0 amide bonds. The van der Waals surface area contributed by atoms with E-state index in [-0.39, 0.29) is 0 Å². The van der Waals surface area contributed by atoms with E-state index in [0.717, 1.165) is 5.69 Å². The van der Waals surface area contributed by atoms with E-state index >= 15 is 0 Å². The summed E-state index contributed by atoms with van der Waals surface area (Å²) in [4.78, 5) is 13.1. The summed E-state index contributed by atoms with van der Waals surface area (Å²) in [6, 6.07) is 1.91. The molecule has 0 fully saturated rings. The van der Waals surface area contributed by atoms with Crippen LogP contribution in [-0.4, -0.2) is 22.4 Å². The molecule has 0 radical (unpaired) electrons. The van der Waals surface area contributed by atoms with Crippen LogP contribution >= 0.6 is 0 Å². The highest BCUT2D eigenvalue weighted by atomic mass is 16.1. The van der Waals surface area contributed by atoms with E-state index < -0.39 is 0 Å². The van der Waals surface area contributed by atoms with E-state index in [9.17, 15) is 4.79 Å². The molecule has 0 aliphatic rings. The van der Waals surface area contributed by atoms with Gasteiger partial charge in [0.25, 0.3) is 0 Å². The van der Waals surface area contributed by atoms with Crippen LogP contribution in [0.3, 0.4) is 0 Å². The van der Waals surface area contributed by atoms with Gasteiger partial charge in [-0.15, -0.1) is 0 Å². The van der Waals surface area contributed by atoms with Gasteiger partial charge < -0.3 is 0 Å². The largest absolute Gasteiger partial charge is 0.271 e. The van der Waals surface area contributed by atoms with Crippen LogP contribution in [0, 0.1) is 6.92 Å². The lowest BCUT2D eigenvalue weighted by atomic mass is 10.5. The van der Waals surface area contributed by atoms with Crippen LogP contribution < -0.4 is 0 Å². The Bertz CT molecular complexity index is 273. The number of hydrogen-bond donors (Lipinski definition) is 0. The van der Waals surface area contributed by atoms with Crippen molar-refractivity contribution in [3.8, 4) is 0 Å². The van der Waals surface area contributed by atoms with Crippen LogP contribution in [0.1, 0.15) is 5.69 Å². The van der Waals surface area contributed by atoms with Gasteiger partial charge in [-0.05, 0) is 13.0 Å². The Morgan fingerprint density at radius 2 is 2.64 bits per heavy atom. The Kier molecular flexibility index (Phi) is 2.58. The van der Waals surface area contributed by atoms with Gasteiger partial charge in [0.15, 0.2) is 0 Å². The Hall–Kier alpha value is -1.41. The molecular formula is C7H9N3O. The summed E-state index contributed by atoms with van der Waals surface area (Å²) in [7, 11) is 0. The van der Waals surface area contributed by atoms with Gasteiger partial charge in [-0.1, -0.05) is 0 Å². The van der Waals surface area contributed by atoms with Crippen LogP contribution in [0.15, 0.2) is 17.3 Å². The second kappa shape index (κ2) is 3.68. The molecule has 58 valence electrons. The lowest BCUT2D eigenvalue weighted by molar-refractivity contribution is 0.558. The molecule has 4 nitrogen and oxygen atoms in total. The standard InChI is InChI=1S/C7H9N3O/c1-7-2-4-10(9-7)5-3-8-6-11/h2,4H,3,5H2,1H3. The van der Waals surface area contributed by atoms with Gasteiger partial charge in [0.05, 0.1) is 18.8 Å². The molecule has 1 aromatic heterocycles. The SMILES string of the molecule is Cc1ccn(CCN=C=O)n1. The highest BCUT2D eigenvalue weighted by molar-refractivity contribution is 5.32. The molecular weight excluding hydrogens is 142 g/mol. The molecule has 1 aromatic rings. The van der Waals surface area contributed by atoms with Gasteiger partial charge >= 0.3 is 0 Å². The number of nitrogens with zero attached hydrogens (tertiary/aromatic N) is 3. The van der Waals surface area contributed by atoms with Gasteiger partial charge in [0.2, 0.25) is 6.08 Å². The molecule has 4 heteroatoms. The van der Waals surface area contributed by atoms with E-state index in [4.69, 9.17) is 0 Å². The van der Waals surface area contributed by atoms with Crippen LogP contribution in [0.5, 0.6) is 0 Å². The Labute approximate surface area is 64.6 Å². The van der Waals surface area contributed by atoms with Crippen LogP contribution in [-0.2, 0) is 11.3 Å². The van der Waals surface area contributed by atoms with Gasteiger partial charge in [0, 0.05) is 6.20 Å². The normalized spacial score (nSPS) is 9.18. The van der Waals surface area contributed by atoms with Crippen LogP contribution in [0.25, 0.3) is 0 Å². The summed E-state index contributed by atoms with van der Waals surface area (Å²) in [5.41, 5.74) is 0.972. The molecule has 0 N–H and O–H groups in total. The molecule has 0 atom stereocenters. The van der Waals surface area contributed by atoms with E-state index in [2.05, 4.69) is 10.1 Å². The van der Waals surface area contributed by atoms with Crippen molar-refractivity contribution >= 4 is 6.08 Å². The fraction of sp³-hybridized carbons (Fsp3) is 0.429. The molecule has 11 heavy (non-hydrogen) atoms. The first kappa shape index (κ1) is 7.69.